The van der Waals surface area contributed by atoms with E-state index in [4.69, 9.17) is 9.47 Å². The van der Waals surface area contributed by atoms with Crippen LogP contribution in [0.5, 0.6) is 0 Å². The van der Waals surface area contributed by atoms with E-state index in [1.807, 2.05) is 25.9 Å². The van der Waals surface area contributed by atoms with Crippen LogP contribution in [-0.2, 0) is 16.0 Å². The van der Waals surface area contributed by atoms with Gasteiger partial charge in [-0.2, -0.15) is 0 Å². The molecule has 3 atom stereocenters. The number of nitrogens with one attached hydrogen (secondary N) is 1. The van der Waals surface area contributed by atoms with E-state index >= 15 is 0 Å². The van der Waals surface area contributed by atoms with Gasteiger partial charge in [-0.3, -0.25) is 4.90 Å². The number of amides is 2. The Labute approximate surface area is 193 Å². The second-order valence-electron chi connectivity index (χ2n) is 9.86. The van der Waals surface area contributed by atoms with Crippen LogP contribution in [0.3, 0.4) is 0 Å². The first kappa shape index (κ1) is 23.5. The number of nitrogens with zero attached hydrogens (tertiary/aromatic N) is 3. The van der Waals surface area contributed by atoms with E-state index in [1.165, 1.54) is 5.56 Å². The first-order chi connectivity index (χ1) is 15.5. The van der Waals surface area contributed by atoms with Crippen molar-refractivity contribution in [1.82, 2.24) is 20.0 Å². The quantitative estimate of drug-likeness (QED) is 0.701. The highest BCUT2D eigenvalue weighted by atomic mass is 16.7. The van der Waals surface area contributed by atoms with Crippen molar-refractivity contribution in [1.29, 1.82) is 0 Å². The number of likely N-dealkylation sites (tertiary alicyclic amines) is 1. The Balaban J connectivity index is 1.45. The van der Waals surface area contributed by atoms with Crippen molar-refractivity contribution in [3.8, 4) is 0 Å². The zero-order chi connectivity index (χ0) is 22.6. The van der Waals surface area contributed by atoms with Gasteiger partial charge in [-0.05, 0) is 45.3 Å². The Bertz CT molecular complexity index is 738. The van der Waals surface area contributed by atoms with Gasteiger partial charge in [-0.1, -0.05) is 30.3 Å². The number of benzene rings is 1. The van der Waals surface area contributed by atoms with Crippen molar-refractivity contribution in [2.45, 2.75) is 57.0 Å². The van der Waals surface area contributed by atoms with E-state index in [0.29, 0.717) is 25.2 Å². The van der Waals surface area contributed by atoms with Crippen LogP contribution in [-0.4, -0.2) is 92.1 Å². The molecule has 2 aliphatic heterocycles. The highest BCUT2D eigenvalue weighted by Crippen LogP contribution is 2.44. The normalized spacial score (nSPS) is 27.4. The largest absolute Gasteiger partial charge is 0.348 e. The number of ether oxygens (including phenoxy) is 2. The van der Waals surface area contributed by atoms with Gasteiger partial charge in [0.15, 0.2) is 5.79 Å². The summed E-state index contributed by atoms with van der Waals surface area (Å²) in [4.78, 5) is 19.7. The molecule has 3 aliphatic rings. The molecule has 7 nitrogen and oxygen atoms in total. The Morgan fingerprint density at radius 2 is 1.94 bits per heavy atom. The number of likely N-dealkylation sites (N-methyl/N-ethyl adjacent to an activating group) is 2. The van der Waals surface area contributed by atoms with Crippen LogP contribution < -0.4 is 5.32 Å². The van der Waals surface area contributed by atoms with Crippen LogP contribution >= 0.6 is 0 Å². The lowest BCUT2D eigenvalue weighted by atomic mass is 9.74. The molecule has 3 fully saturated rings. The van der Waals surface area contributed by atoms with Crippen molar-refractivity contribution < 1.29 is 14.3 Å². The second kappa shape index (κ2) is 10.5. The Kier molecular flexibility index (Phi) is 7.71. The van der Waals surface area contributed by atoms with E-state index in [9.17, 15) is 4.79 Å². The number of fused-ring (bicyclic) bond motifs is 1. The number of hydrogen-bond acceptors (Lipinski definition) is 5. The summed E-state index contributed by atoms with van der Waals surface area (Å²) in [5.41, 5.74) is 1.33. The molecular weight excluding hydrogens is 404 g/mol. The molecule has 1 aromatic carbocycles. The molecule has 1 spiro atoms. The van der Waals surface area contributed by atoms with Crippen molar-refractivity contribution in [3.63, 3.8) is 0 Å². The summed E-state index contributed by atoms with van der Waals surface area (Å²) < 4.78 is 12.1. The van der Waals surface area contributed by atoms with Gasteiger partial charge in [0.1, 0.15) is 0 Å². The fourth-order valence-electron chi connectivity index (χ4n) is 5.67. The molecule has 32 heavy (non-hydrogen) atoms. The molecule has 1 aromatic rings. The van der Waals surface area contributed by atoms with Crippen LogP contribution in [0.15, 0.2) is 30.3 Å². The molecule has 1 saturated carbocycles. The minimum atomic E-state index is -0.396. The summed E-state index contributed by atoms with van der Waals surface area (Å²) in [6, 6.07) is 11.4. The summed E-state index contributed by atoms with van der Waals surface area (Å²) in [7, 11) is 4.08. The smallest absolute Gasteiger partial charge is 0.317 e. The topological polar surface area (TPSA) is 57.3 Å². The molecule has 0 unspecified atom stereocenters. The van der Waals surface area contributed by atoms with Crippen LogP contribution in [0.1, 0.15) is 38.2 Å². The Hall–Kier alpha value is -1.67. The molecule has 178 valence electrons. The zero-order valence-electron chi connectivity index (χ0n) is 20.0. The van der Waals surface area contributed by atoms with E-state index in [0.717, 1.165) is 58.4 Å². The van der Waals surface area contributed by atoms with E-state index in [-0.39, 0.29) is 12.1 Å². The summed E-state index contributed by atoms with van der Waals surface area (Å²) in [6.45, 7) is 7.58. The minimum absolute atomic E-state index is 0.0522. The molecule has 0 aromatic heterocycles. The average Bonchev–Trinajstić information content (AvgIpc) is 3.22. The van der Waals surface area contributed by atoms with Gasteiger partial charge < -0.3 is 24.6 Å². The van der Waals surface area contributed by atoms with Gasteiger partial charge >= 0.3 is 6.03 Å². The first-order valence-electron chi connectivity index (χ1n) is 12.2. The maximum absolute atomic E-state index is 13.1. The number of carbonyl (C=O) groups excluding carboxylic acids is 1. The predicted octanol–water partition coefficient (Wildman–Crippen LogP) is 2.77. The number of piperidine rings is 1. The van der Waals surface area contributed by atoms with Crippen molar-refractivity contribution in [2.75, 3.05) is 53.5 Å². The molecule has 2 amide bonds. The van der Waals surface area contributed by atoms with Crippen LogP contribution in [0, 0.1) is 5.92 Å². The lowest BCUT2D eigenvalue weighted by Gasteiger charge is -2.51. The lowest BCUT2D eigenvalue weighted by molar-refractivity contribution is -0.202. The van der Waals surface area contributed by atoms with Crippen LogP contribution in [0.25, 0.3) is 0 Å². The number of rotatable bonds is 7. The van der Waals surface area contributed by atoms with Crippen molar-refractivity contribution in [3.05, 3.63) is 35.9 Å². The SMILES string of the molecule is CCN(CCN(C)C)C(=O)N[C@H]1C[C@@H]2CC3(CC[C@H]2N(Cc2ccccc2)C1)OCCO3. The molecule has 4 rings (SSSR count). The van der Waals surface area contributed by atoms with Gasteiger partial charge in [0.2, 0.25) is 0 Å². The maximum Gasteiger partial charge on any atom is 0.317 e. The number of hydrogen-bond donors (Lipinski definition) is 1. The van der Waals surface area contributed by atoms with Gasteiger partial charge in [-0.15, -0.1) is 0 Å². The summed E-state index contributed by atoms with van der Waals surface area (Å²) in [5, 5.41) is 3.37. The zero-order valence-corrected chi connectivity index (χ0v) is 20.0. The molecule has 0 radical (unpaired) electrons. The molecular formula is C25H40N4O3. The molecule has 2 saturated heterocycles. The maximum atomic E-state index is 13.1. The molecule has 2 heterocycles. The first-order valence-corrected chi connectivity index (χ1v) is 12.2. The molecule has 7 heteroatoms. The Morgan fingerprint density at radius 1 is 1.19 bits per heavy atom. The third kappa shape index (κ3) is 5.63. The number of carbonyl (C=O) groups is 1. The molecule has 1 N–H and O–H groups in total. The molecule has 1 aliphatic carbocycles. The van der Waals surface area contributed by atoms with E-state index < -0.39 is 5.79 Å². The predicted molar refractivity (Wildman–Crippen MR) is 125 cm³/mol. The van der Waals surface area contributed by atoms with Gasteiger partial charge in [0, 0.05) is 57.6 Å². The third-order valence-electron chi connectivity index (χ3n) is 7.31. The summed E-state index contributed by atoms with van der Waals surface area (Å²) in [5.74, 6) is 0.0635. The van der Waals surface area contributed by atoms with E-state index in [2.05, 4.69) is 45.4 Å². The van der Waals surface area contributed by atoms with Gasteiger partial charge in [0.25, 0.3) is 0 Å². The van der Waals surface area contributed by atoms with Gasteiger partial charge in [0.05, 0.1) is 13.2 Å². The fourth-order valence-corrected chi connectivity index (χ4v) is 5.67. The Morgan fingerprint density at radius 3 is 2.62 bits per heavy atom. The van der Waals surface area contributed by atoms with Gasteiger partial charge in [-0.25, -0.2) is 4.79 Å². The average molecular weight is 445 g/mol. The third-order valence-corrected chi connectivity index (χ3v) is 7.31. The highest BCUT2D eigenvalue weighted by Gasteiger charge is 2.49. The minimum Gasteiger partial charge on any atom is -0.348 e. The number of urea groups is 1. The monoisotopic (exact) mass is 444 g/mol. The molecule has 0 bridgehead atoms. The fraction of sp³-hybridized carbons (Fsp3) is 0.720. The van der Waals surface area contributed by atoms with E-state index in [1.54, 1.807) is 0 Å². The summed E-state index contributed by atoms with van der Waals surface area (Å²) in [6.07, 6.45) is 3.96. The highest BCUT2D eigenvalue weighted by molar-refractivity contribution is 5.74. The van der Waals surface area contributed by atoms with Crippen molar-refractivity contribution in [2.24, 2.45) is 5.92 Å². The van der Waals surface area contributed by atoms with Crippen molar-refractivity contribution >= 4 is 6.03 Å². The standard InChI is InChI=1S/C25H40N4O3/c1-4-28(13-12-27(2)3)24(30)26-22-16-21-17-25(31-14-15-32-25)11-10-23(21)29(19-22)18-20-8-6-5-7-9-20/h5-9,21-23H,4,10-19H2,1-3H3,(H,26,30)/t21-,22+,23-/m1/s1. The lowest BCUT2D eigenvalue weighted by Crippen LogP contribution is -2.60. The second-order valence-corrected chi connectivity index (χ2v) is 9.86. The van der Waals surface area contributed by atoms with Crippen LogP contribution in [0.2, 0.25) is 0 Å². The summed E-state index contributed by atoms with van der Waals surface area (Å²) >= 11 is 0. The van der Waals surface area contributed by atoms with Crippen LogP contribution in [0.4, 0.5) is 4.79 Å².